The maximum absolute atomic E-state index is 11.4. The Balaban J connectivity index is 2.43. The highest BCUT2D eigenvalue weighted by Gasteiger charge is 2.44. The zero-order valence-electron chi connectivity index (χ0n) is 7.15. The first-order valence-electron chi connectivity index (χ1n) is 4.04. The van der Waals surface area contributed by atoms with Crippen molar-refractivity contribution in [2.24, 2.45) is 0 Å². The first kappa shape index (κ1) is 9.08. The summed E-state index contributed by atoms with van der Waals surface area (Å²) in [6, 6.07) is 8.34. The van der Waals surface area contributed by atoms with E-state index in [0.29, 0.717) is 5.56 Å². The topological polar surface area (TPSA) is 58.2 Å². The number of carbonyl (C=O) groups is 2. The maximum atomic E-state index is 11.4. The molecule has 1 atom stereocenters. The van der Waals surface area contributed by atoms with Gasteiger partial charge in [-0.2, -0.15) is 0 Å². The van der Waals surface area contributed by atoms with Crippen LogP contribution in [0.4, 0.5) is 4.79 Å². The summed E-state index contributed by atoms with van der Waals surface area (Å²) in [5.41, 5.74) is 0.645. The van der Waals surface area contributed by atoms with Gasteiger partial charge in [0.1, 0.15) is 0 Å². The second kappa shape index (κ2) is 3.02. The Labute approximate surface area is 86.1 Å². The highest BCUT2D eigenvalue weighted by molar-refractivity contribution is 7.82. The van der Waals surface area contributed by atoms with Gasteiger partial charge in [0.15, 0.2) is 4.87 Å². The van der Waals surface area contributed by atoms with Gasteiger partial charge in [0.05, 0.1) is 0 Å². The Kier molecular flexibility index (Phi) is 1.96. The normalized spacial score (nSPS) is 25.8. The molecule has 0 bridgehead atoms. The Morgan fingerprint density at radius 1 is 1.14 bits per heavy atom. The van der Waals surface area contributed by atoms with Gasteiger partial charge in [-0.3, -0.25) is 10.1 Å². The third-order valence-electron chi connectivity index (χ3n) is 2.04. The molecule has 1 unspecified atom stereocenters. The predicted octanol–water partition coefficient (Wildman–Crippen LogP) is 0.609. The van der Waals surface area contributed by atoms with Crippen LogP contribution in [-0.2, 0) is 9.67 Å². The fourth-order valence-electron chi connectivity index (χ4n) is 1.33. The highest BCUT2D eigenvalue weighted by atomic mass is 32.1. The van der Waals surface area contributed by atoms with Gasteiger partial charge in [0.25, 0.3) is 5.91 Å². The van der Waals surface area contributed by atoms with Crippen molar-refractivity contribution >= 4 is 24.6 Å². The van der Waals surface area contributed by atoms with E-state index in [1.165, 1.54) is 0 Å². The van der Waals surface area contributed by atoms with Gasteiger partial charge in [-0.25, -0.2) is 4.79 Å². The second-order valence-corrected chi connectivity index (χ2v) is 3.66. The van der Waals surface area contributed by atoms with Crippen LogP contribution in [0.2, 0.25) is 0 Å². The number of carbonyl (C=O) groups excluding carboxylic acids is 2. The second-order valence-electron chi connectivity index (χ2n) is 2.98. The van der Waals surface area contributed by atoms with Gasteiger partial charge in [0, 0.05) is 0 Å². The quantitative estimate of drug-likeness (QED) is 0.468. The van der Waals surface area contributed by atoms with Crippen LogP contribution in [0, 0.1) is 0 Å². The van der Waals surface area contributed by atoms with Crippen LogP contribution in [0.5, 0.6) is 0 Å². The molecule has 5 heteroatoms. The van der Waals surface area contributed by atoms with Crippen LogP contribution in [-0.4, -0.2) is 11.9 Å². The van der Waals surface area contributed by atoms with Crippen LogP contribution in [0.1, 0.15) is 5.56 Å². The van der Waals surface area contributed by atoms with E-state index in [0.717, 1.165) is 0 Å². The first-order chi connectivity index (χ1) is 6.63. The largest absolute Gasteiger partial charge is 0.323 e. The summed E-state index contributed by atoms with van der Waals surface area (Å²) in [4.78, 5) is 21.1. The van der Waals surface area contributed by atoms with Crippen molar-refractivity contribution in [3.05, 3.63) is 35.9 Å². The van der Waals surface area contributed by atoms with Crippen molar-refractivity contribution in [1.82, 2.24) is 10.6 Å². The lowest BCUT2D eigenvalue weighted by Gasteiger charge is -2.19. The Morgan fingerprint density at radius 2 is 1.79 bits per heavy atom. The average Bonchev–Trinajstić information content (AvgIpc) is 2.43. The molecule has 0 radical (unpaired) electrons. The molecule has 14 heavy (non-hydrogen) atoms. The SMILES string of the molecule is O=C1NC(=O)C(S)(c2ccccc2)N1. The van der Waals surface area contributed by atoms with Crippen LogP contribution >= 0.6 is 12.6 Å². The van der Waals surface area contributed by atoms with Gasteiger partial charge in [-0.15, -0.1) is 12.6 Å². The zero-order chi connectivity index (χ0) is 10.2. The molecular weight excluding hydrogens is 200 g/mol. The number of urea groups is 1. The molecule has 72 valence electrons. The van der Waals surface area contributed by atoms with Gasteiger partial charge >= 0.3 is 6.03 Å². The predicted molar refractivity (Wildman–Crippen MR) is 53.8 cm³/mol. The van der Waals surface area contributed by atoms with Gasteiger partial charge < -0.3 is 5.32 Å². The molecule has 1 heterocycles. The first-order valence-corrected chi connectivity index (χ1v) is 4.49. The molecule has 1 aliphatic rings. The number of thiol groups is 1. The number of imide groups is 1. The smallest absolute Gasteiger partial charge is 0.311 e. The number of amides is 3. The van der Waals surface area contributed by atoms with Crippen molar-refractivity contribution in [3.8, 4) is 0 Å². The summed E-state index contributed by atoms with van der Waals surface area (Å²) in [5, 5.41) is 4.60. The van der Waals surface area contributed by atoms with Crippen LogP contribution < -0.4 is 10.6 Å². The molecule has 2 N–H and O–H groups in total. The Hall–Kier alpha value is -1.49. The fraction of sp³-hybridized carbons (Fsp3) is 0.111. The summed E-state index contributed by atoms with van der Waals surface area (Å²) >= 11 is 4.18. The van der Waals surface area contributed by atoms with Gasteiger partial charge in [-0.1, -0.05) is 30.3 Å². The number of nitrogens with one attached hydrogen (secondary N) is 2. The molecule has 1 aromatic rings. The third kappa shape index (κ3) is 1.26. The van der Waals surface area contributed by atoms with Gasteiger partial charge in [0.2, 0.25) is 0 Å². The molecule has 4 nitrogen and oxygen atoms in total. The van der Waals surface area contributed by atoms with E-state index >= 15 is 0 Å². The van der Waals surface area contributed by atoms with Crippen molar-refractivity contribution in [2.45, 2.75) is 4.87 Å². The Morgan fingerprint density at radius 3 is 2.29 bits per heavy atom. The van der Waals surface area contributed by atoms with Crippen molar-refractivity contribution in [1.29, 1.82) is 0 Å². The summed E-state index contributed by atoms with van der Waals surface area (Å²) < 4.78 is 0. The van der Waals surface area contributed by atoms with E-state index in [4.69, 9.17) is 0 Å². The molecule has 0 saturated carbocycles. The van der Waals surface area contributed by atoms with E-state index in [9.17, 15) is 9.59 Å². The average molecular weight is 208 g/mol. The number of rotatable bonds is 1. The molecule has 1 aliphatic heterocycles. The van der Waals surface area contributed by atoms with E-state index in [1.807, 2.05) is 6.07 Å². The molecule has 2 rings (SSSR count). The summed E-state index contributed by atoms with van der Waals surface area (Å²) in [5.74, 6) is -0.447. The van der Waals surface area contributed by atoms with Crippen LogP contribution in [0.15, 0.2) is 30.3 Å². The lowest BCUT2D eigenvalue weighted by atomic mass is 10.1. The van der Waals surface area contributed by atoms with E-state index in [2.05, 4.69) is 23.3 Å². The lowest BCUT2D eigenvalue weighted by molar-refractivity contribution is -0.121. The summed E-state index contributed by atoms with van der Waals surface area (Å²) in [6.45, 7) is 0. The van der Waals surface area contributed by atoms with Crippen molar-refractivity contribution in [3.63, 3.8) is 0 Å². The number of hydrogen-bond acceptors (Lipinski definition) is 3. The lowest BCUT2D eigenvalue weighted by Crippen LogP contribution is -2.37. The Bertz CT molecular complexity index is 393. The third-order valence-corrected chi connectivity index (χ3v) is 2.61. The molecule has 0 aromatic heterocycles. The minimum absolute atomic E-state index is 0.447. The standard InChI is InChI=1S/C9H8N2O2S/c12-7-9(14,11-8(13)10-7)6-4-2-1-3-5-6/h1-5,14H,(H2,10,11,12,13). The van der Waals surface area contributed by atoms with Crippen LogP contribution in [0.25, 0.3) is 0 Å². The van der Waals surface area contributed by atoms with E-state index in [-0.39, 0.29) is 0 Å². The van der Waals surface area contributed by atoms with Crippen molar-refractivity contribution < 1.29 is 9.59 Å². The highest BCUT2D eigenvalue weighted by Crippen LogP contribution is 2.28. The molecule has 3 amide bonds. The molecule has 0 aliphatic carbocycles. The number of benzene rings is 1. The minimum atomic E-state index is -1.24. The minimum Gasteiger partial charge on any atom is -0.311 e. The van der Waals surface area contributed by atoms with Crippen LogP contribution in [0.3, 0.4) is 0 Å². The van der Waals surface area contributed by atoms with Gasteiger partial charge in [-0.05, 0) is 5.56 Å². The van der Waals surface area contributed by atoms with E-state index < -0.39 is 16.8 Å². The molecule has 1 aromatic carbocycles. The summed E-state index contributed by atoms with van der Waals surface area (Å²) in [7, 11) is 0. The molecule has 1 fully saturated rings. The molecular formula is C9H8N2O2S. The maximum Gasteiger partial charge on any atom is 0.323 e. The van der Waals surface area contributed by atoms with E-state index in [1.54, 1.807) is 24.3 Å². The molecule has 1 saturated heterocycles. The van der Waals surface area contributed by atoms with Crippen molar-refractivity contribution in [2.75, 3.05) is 0 Å². The zero-order valence-corrected chi connectivity index (χ0v) is 8.04. The monoisotopic (exact) mass is 208 g/mol. The summed E-state index contributed by atoms with van der Waals surface area (Å²) in [6.07, 6.45) is 0. The fourth-order valence-corrected chi connectivity index (χ4v) is 1.64. The number of hydrogen-bond donors (Lipinski definition) is 3. The molecule has 0 spiro atoms.